The number of ether oxygens (including phenoxy) is 3. The molecule has 0 aliphatic carbocycles. The Kier molecular flexibility index (Phi) is 6.62. The molecule has 0 bridgehead atoms. The maximum Gasteiger partial charge on any atom is 0.203 e. The molecule has 0 heterocycles. The molecular weight excluding hydrogens is 242 g/mol. The van der Waals surface area contributed by atoms with Crippen molar-refractivity contribution >= 4 is 0 Å². The van der Waals surface area contributed by atoms with Gasteiger partial charge in [-0.2, -0.15) is 0 Å². The second-order valence-electron chi connectivity index (χ2n) is 3.98. The fourth-order valence-corrected chi connectivity index (χ4v) is 1.84. The molecule has 0 saturated carbocycles. The second-order valence-corrected chi connectivity index (χ2v) is 3.98. The largest absolute Gasteiger partial charge is 0.493 e. The minimum absolute atomic E-state index is 0.618. The minimum Gasteiger partial charge on any atom is -0.493 e. The lowest BCUT2D eigenvalue weighted by atomic mass is 10.1. The maximum absolute atomic E-state index is 5.41. The van der Waals surface area contributed by atoms with E-state index in [9.17, 15) is 0 Å². The summed E-state index contributed by atoms with van der Waals surface area (Å²) in [6, 6.07) is 3.84. The van der Waals surface area contributed by atoms with Gasteiger partial charge in [-0.1, -0.05) is 6.07 Å². The number of nitrogens with one attached hydrogen (secondary N) is 1. The van der Waals surface area contributed by atoms with Gasteiger partial charge in [0.2, 0.25) is 5.75 Å². The van der Waals surface area contributed by atoms with Crippen molar-refractivity contribution in [3.8, 4) is 29.6 Å². The fourth-order valence-electron chi connectivity index (χ4n) is 1.84. The summed E-state index contributed by atoms with van der Waals surface area (Å²) in [4.78, 5) is 0. The van der Waals surface area contributed by atoms with Gasteiger partial charge in [0.1, 0.15) is 0 Å². The van der Waals surface area contributed by atoms with Crippen LogP contribution in [0.5, 0.6) is 17.2 Å². The molecule has 104 valence electrons. The monoisotopic (exact) mass is 263 g/mol. The number of methoxy groups -OCH3 is 3. The molecular formula is C15H21NO3. The highest BCUT2D eigenvalue weighted by Gasteiger charge is 2.15. The second kappa shape index (κ2) is 8.28. The SMILES string of the molecule is C#CCCCNCc1ccc(OC)c(OC)c1OC. The Morgan fingerprint density at radius 3 is 2.42 bits per heavy atom. The molecule has 0 saturated heterocycles. The summed E-state index contributed by atoms with van der Waals surface area (Å²) in [5.74, 6) is 4.60. The lowest BCUT2D eigenvalue weighted by Gasteiger charge is -2.16. The Morgan fingerprint density at radius 2 is 1.84 bits per heavy atom. The summed E-state index contributed by atoms with van der Waals surface area (Å²) in [6.45, 7) is 1.58. The first-order valence-corrected chi connectivity index (χ1v) is 6.20. The van der Waals surface area contributed by atoms with Gasteiger partial charge in [0.25, 0.3) is 0 Å². The minimum atomic E-state index is 0.618. The zero-order valence-electron chi connectivity index (χ0n) is 11.8. The van der Waals surface area contributed by atoms with Crippen LogP contribution >= 0.6 is 0 Å². The average molecular weight is 263 g/mol. The lowest BCUT2D eigenvalue weighted by molar-refractivity contribution is 0.321. The normalized spacial score (nSPS) is 9.79. The van der Waals surface area contributed by atoms with Gasteiger partial charge in [-0.3, -0.25) is 0 Å². The molecule has 0 aliphatic rings. The zero-order chi connectivity index (χ0) is 14.1. The Bertz CT molecular complexity index is 438. The van der Waals surface area contributed by atoms with Crippen molar-refractivity contribution in [3.63, 3.8) is 0 Å². The van der Waals surface area contributed by atoms with Crippen LogP contribution < -0.4 is 19.5 Å². The highest BCUT2D eigenvalue weighted by atomic mass is 16.5. The molecule has 4 heteroatoms. The van der Waals surface area contributed by atoms with Crippen molar-refractivity contribution in [2.75, 3.05) is 27.9 Å². The average Bonchev–Trinajstić information content (AvgIpc) is 2.45. The molecule has 1 N–H and O–H groups in total. The van der Waals surface area contributed by atoms with Crippen LogP contribution in [0.4, 0.5) is 0 Å². The number of rotatable bonds is 8. The van der Waals surface area contributed by atoms with Crippen molar-refractivity contribution in [2.45, 2.75) is 19.4 Å². The van der Waals surface area contributed by atoms with Gasteiger partial charge in [0.15, 0.2) is 11.5 Å². The van der Waals surface area contributed by atoms with Gasteiger partial charge >= 0.3 is 0 Å². The molecule has 0 aliphatic heterocycles. The highest BCUT2D eigenvalue weighted by molar-refractivity contribution is 5.55. The van der Waals surface area contributed by atoms with E-state index in [1.807, 2.05) is 12.1 Å². The van der Waals surface area contributed by atoms with Gasteiger partial charge in [0.05, 0.1) is 21.3 Å². The molecule has 1 rings (SSSR count). The summed E-state index contributed by atoms with van der Waals surface area (Å²) in [5, 5.41) is 3.33. The summed E-state index contributed by atoms with van der Waals surface area (Å²) in [5.41, 5.74) is 1.03. The van der Waals surface area contributed by atoms with Gasteiger partial charge < -0.3 is 19.5 Å². The third kappa shape index (κ3) is 4.08. The third-order valence-corrected chi connectivity index (χ3v) is 2.78. The topological polar surface area (TPSA) is 39.7 Å². The molecule has 0 amide bonds. The van der Waals surface area contributed by atoms with Crippen molar-refractivity contribution in [2.24, 2.45) is 0 Å². The highest BCUT2D eigenvalue weighted by Crippen LogP contribution is 2.39. The Balaban J connectivity index is 2.75. The predicted octanol–water partition coefficient (Wildman–Crippen LogP) is 2.22. The van der Waals surface area contributed by atoms with E-state index in [0.29, 0.717) is 23.8 Å². The number of hydrogen-bond acceptors (Lipinski definition) is 4. The predicted molar refractivity (Wildman–Crippen MR) is 75.9 cm³/mol. The number of terminal acetylenes is 1. The van der Waals surface area contributed by atoms with Crippen LogP contribution in [-0.4, -0.2) is 27.9 Å². The molecule has 0 atom stereocenters. The molecule has 0 fully saturated rings. The van der Waals surface area contributed by atoms with Crippen LogP contribution in [0.3, 0.4) is 0 Å². The van der Waals surface area contributed by atoms with E-state index in [-0.39, 0.29) is 0 Å². The smallest absolute Gasteiger partial charge is 0.203 e. The zero-order valence-corrected chi connectivity index (χ0v) is 11.8. The van der Waals surface area contributed by atoms with Crippen LogP contribution in [0.25, 0.3) is 0 Å². The Morgan fingerprint density at radius 1 is 1.11 bits per heavy atom. The number of hydrogen-bond donors (Lipinski definition) is 1. The number of unbranched alkanes of at least 4 members (excludes halogenated alkanes) is 1. The molecule has 0 aromatic heterocycles. The molecule has 0 spiro atoms. The lowest BCUT2D eigenvalue weighted by Crippen LogP contribution is -2.15. The van der Waals surface area contributed by atoms with E-state index in [1.54, 1.807) is 21.3 Å². The van der Waals surface area contributed by atoms with Crippen molar-refractivity contribution < 1.29 is 14.2 Å². The molecule has 0 unspecified atom stereocenters. The quantitative estimate of drug-likeness (QED) is 0.576. The van der Waals surface area contributed by atoms with Crippen LogP contribution in [0.2, 0.25) is 0 Å². The Hall–Kier alpha value is -1.86. The first kappa shape index (κ1) is 15.2. The van der Waals surface area contributed by atoms with E-state index >= 15 is 0 Å². The van der Waals surface area contributed by atoms with Crippen molar-refractivity contribution in [1.82, 2.24) is 5.32 Å². The summed E-state index contributed by atoms with van der Waals surface area (Å²) in [7, 11) is 4.83. The van der Waals surface area contributed by atoms with Gasteiger partial charge in [-0.25, -0.2) is 0 Å². The summed E-state index contributed by atoms with van der Waals surface area (Å²) < 4.78 is 16.0. The van der Waals surface area contributed by atoms with E-state index in [2.05, 4.69) is 11.2 Å². The summed E-state index contributed by atoms with van der Waals surface area (Å²) in [6.07, 6.45) is 6.96. The van der Waals surface area contributed by atoms with E-state index < -0.39 is 0 Å². The standard InChI is InChI=1S/C15H21NO3/c1-5-6-7-10-16-11-12-8-9-13(17-2)15(19-4)14(12)18-3/h1,8-9,16H,6-7,10-11H2,2-4H3. The van der Waals surface area contributed by atoms with Crippen molar-refractivity contribution in [3.05, 3.63) is 17.7 Å². The van der Waals surface area contributed by atoms with Crippen molar-refractivity contribution in [1.29, 1.82) is 0 Å². The molecule has 4 nitrogen and oxygen atoms in total. The third-order valence-electron chi connectivity index (χ3n) is 2.78. The first-order chi connectivity index (χ1) is 9.28. The van der Waals surface area contributed by atoms with Gasteiger partial charge in [-0.05, 0) is 19.0 Å². The van der Waals surface area contributed by atoms with E-state index in [4.69, 9.17) is 20.6 Å². The Labute approximate surface area is 115 Å². The van der Waals surface area contributed by atoms with Crippen LogP contribution in [0, 0.1) is 12.3 Å². The van der Waals surface area contributed by atoms with E-state index in [1.165, 1.54) is 0 Å². The van der Waals surface area contributed by atoms with Gasteiger partial charge in [0, 0.05) is 18.5 Å². The summed E-state index contributed by atoms with van der Waals surface area (Å²) >= 11 is 0. The van der Waals surface area contributed by atoms with Crippen LogP contribution in [0.1, 0.15) is 18.4 Å². The van der Waals surface area contributed by atoms with Crippen LogP contribution in [-0.2, 0) is 6.54 Å². The number of benzene rings is 1. The first-order valence-electron chi connectivity index (χ1n) is 6.20. The maximum atomic E-state index is 5.41. The molecule has 0 radical (unpaired) electrons. The fraction of sp³-hybridized carbons (Fsp3) is 0.467. The molecule has 19 heavy (non-hydrogen) atoms. The van der Waals surface area contributed by atoms with Gasteiger partial charge in [-0.15, -0.1) is 12.3 Å². The molecule has 1 aromatic rings. The van der Waals surface area contributed by atoms with E-state index in [0.717, 1.165) is 24.9 Å². The van der Waals surface area contributed by atoms with Crippen LogP contribution in [0.15, 0.2) is 12.1 Å². The molecule has 1 aromatic carbocycles.